The summed E-state index contributed by atoms with van der Waals surface area (Å²) in [5.74, 6) is -0.187. The molecule has 0 aliphatic heterocycles. The number of quaternary nitrogens is 1. The summed E-state index contributed by atoms with van der Waals surface area (Å²) in [4.78, 5) is 23.0. The standard InChI is InChI=1S/C41H81N2O6P/c1-6-8-10-12-14-16-18-20-21-23-25-27-29-31-33-35-41(45)42-39(38-49-50(46,47)48-37-36-43(3,4)5)40(44)34-32-30-28-26-24-22-19-17-15-13-11-9-7-2/h20-21,32,34,39-40,44H,6-19,22-31,33,35-38H2,1-5H3,(H-,42,45,46,47)/p+1. The highest BCUT2D eigenvalue weighted by Crippen LogP contribution is 2.43. The number of hydrogen-bond donors (Lipinski definition) is 3. The van der Waals surface area contributed by atoms with Crippen molar-refractivity contribution in [1.29, 1.82) is 0 Å². The molecule has 0 aromatic heterocycles. The maximum absolute atomic E-state index is 12.8. The van der Waals surface area contributed by atoms with Gasteiger partial charge in [0.05, 0.1) is 39.9 Å². The van der Waals surface area contributed by atoms with E-state index in [1.165, 1.54) is 109 Å². The van der Waals surface area contributed by atoms with E-state index in [2.05, 4.69) is 31.3 Å². The minimum absolute atomic E-state index is 0.0607. The lowest BCUT2D eigenvalue weighted by atomic mass is 10.0. The summed E-state index contributed by atoms with van der Waals surface area (Å²) in [6.45, 7) is 4.79. The van der Waals surface area contributed by atoms with Gasteiger partial charge < -0.3 is 19.8 Å². The summed E-state index contributed by atoms with van der Waals surface area (Å²) in [5.41, 5.74) is 0. The molecule has 0 aliphatic rings. The summed E-state index contributed by atoms with van der Waals surface area (Å²) >= 11 is 0. The third kappa shape index (κ3) is 35.4. The summed E-state index contributed by atoms with van der Waals surface area (Å²) in [6, 6.07) is -0.846. The van der Waals surface area contributed by atoms with Gasteiger partial charge >= 0.3 is 7.82 Å². The van der Waals surface area contributed by atoms with Gasteiger partial charge in [-0.15, -0.1) is 0 Å². The van der Waals surface area contributed by atoms with Crippen LogP contribution in [-0.2, 0) is 18.4 Å². The molecule has 0 saturated heterocycles. The Hall–Kier alpha value is -1.02. The minimum Gasteiger partial charge on any atom is -0.387 e. The molecule has 9 heteroatoms. The molecule has 50 heavy (non-hydrogen) atoms. The number of aliphatic hydroxyl groups is 1. The monoisotopic (exact) mass is 730 g/mol. The van der Waals surface area contributed by atoms with Gasteiger partial charge in [0.15, 0.2) is 0 Å². The van der Waals surface area contributed by atoms with Gasteiger partial charge in [0.25, 0.3) is 0 Å². The number of hydrogen-bond acceptors (Lipinski definition) is 5. The molecule has 0 bridgehead atoms. The predicted octanol–water partition coefficient (Wildman–Crippen LogP) is 11.0. The van der Waals surface area contributed by atoms with Gasteiger partial charge in [-0.2, -0.15) is 0 Å². The molecule has 3 atom stereocenters. The fourth-order valence-electron chi connectivity index (χ4n) is 5.80. The van der Waals surface area contributed by atoms with Gasteiger partial charge in [-0.1, -0.05) is 154 Å². The molecule has 0 aromatic carbocycles. The predicted molar refractivity (Wildman–Crippen MR) is 212 cm³/mol. The first-order valence-electron chi connectivity index (χ1n) is 20.7. The molecule has 3 unspecified atom stereocenters. The van der Waals surface area contributed by atoms with Gasteiger partial charge in [-0.3, -0.25) is 13.8 Å². The van der Waals surface area contributed by atoms with Gasteiger partial charge in [-0.25, -0.2) is 4.57 Å². The van der Waals surface area contributed by atoms with Crippen LogP contribution in [0.25, 0.3) is 0 Å². The van der Waals surface area contributed by atoms with Crippen molar-refractivity contribution in [2.75, 3.05) is 40.9 Å². The lowest BCUT2D eigenvalue weighted by Gasteiger charge is -2.25. The molecule has 3 N–H and O–H groups in total. The molecule has 1 amide bonds. The maximum Gasteiger partial charge on any atom is 0.472 e. The SMILES string of the molecule is CCCCCCCCC=CCCCCCCCC(=O)NC(COP(=O)(O)OCC[N+](C)(C)C)C(O)C=CCCCCCCCCCCCCC. The van der Waals surface area contributed by atoms with E-state index in [-0.39, 0.29) is 19.1 Å². The van der Waals surface area contributed by atoms with Crippen molar-refractivity contribution in [2.45, 2.75) is 193 Å². The van der Waals surface area contributed by atoms with Crippen molar-refractivity contribution in [3.05, 3.63) is 24.3 Å². The van der Waals surface area contributed by atoms with E-state index in [1.54, 1.807) is 6.08 Å². The Morgan fingerprint density at radius 2 is 1.08 bits per heavy atom. The highest BCUT2D eigenvalue weighted by molar-refractivity contribution is 7.47. The number of phosphoric ester groups is 1. The van der Waals surface area contributed by atoms with Crippen molar-refractivity contribution in [3.8, 4) is 0 Å². The zero-order valence-corrected chi connectivity index (χ0v) is 34.3. The number of phosphoric acid groups is 1. The summed E-state index contributed by atoms with van der Waals surface area (Å²) in [6.07, 6.45) is 38.0. The summed E-state index contributed by atoms with van der Waals surface area (Å²) in [7, 11) is 1.57. The Labute approximate surface area is 309 Å². The van der Waals surface area contributed by atoms with Crippen LogP contribution in [0.1, 0.15) is 181 Å². The maximum atomic E-state index is 12.8. The van der Waals surface area contributed by atoms with Crippen LogP contribution in [-0.4, -0.2) is 73.4 Å². The first-order valence-corrected chi connectivity index (χ1v) is 22.2. The van der Waals surface area contributed by atoms with Gasteiger partial charge in [0.2, 0.25) is 5.91 Å². The lowest BCUT2D eigenvalue weighted by Crippen LogP contribution is -2.45. The number of nitrogens with zero attached hydrogens (tertiary/aromatic N) is 1. The number of carbonyl (C=O) groups is 1. The average Bonchev–Trinajstić information content (AvgIpc) is 3.06. The largest absolute Gasteiger partial charge is 0.472 e. The number of likely N-dealkylation sites (N-methyl/N-ethyl adjacent to an activating group) is 1. The van der Waals surface area contributed by atoms with E-state index >= 15 is 0 Å². The van der Waals surface area contributed by atoms with Crippen LogP contribution in [0.3, 0.4) is 0 Å². The normalized spacial score (nSPS) is 14.8. The second-order valence-corrected chi connectivity index (χ2v) is 16.8. The second-order valence-electron chi connectivity index (χ2n) is 15.4. The third-order valence-electron chi connectivity index (χ3n) is 9.17. The molecule has 0 aliphatic carbocycles. The number of amides is 1. The second kappa shape index (κ2) is 33.8. The molecule has 8 nitrogen and oxygen atoms in total. The first-order chi connectivity index (χ1) is 24.0. The van der Waals surface area contributed by atoms with E-state index in [4.69, 9.17) is 9.05 Å². The van der Waals surface area contributed by atoms with Crippen molar-refractivity contribution >= 4 is 13.7 Å². The van der Waals surface area contributed by atoms with Gasteiger partial charge in [0.1, 0.15) is 13.2 Å². The number of rotatable bonds is 37. The molecule has 0 fully saturated rings. The molecular formula is C41H82N2O6P+. The number of carbonyl (C=O) groups excluding carboxylic acids is 1. The topological polar surface area (TPSA) is 105 Å². The Morgan fingerprint density at radius 1 is 0.660 bits per heavy atom. The molecule has 0 saturated carbocycles. The molecule has 0 rings (SSSR count). The van der Waals surface area contributed by atoms with Gasteiger partial charge in [-0.05, 0) is 44.9 Å². The van der Waals surface area contributed by atoms with Crippen molar-refractivity contribution < 1.29 is 32.9 Å². The Morgan fingerprint density at radius 3 is 1.54 bits per heavy atom. The quantitative estimate of drug-likeness (QED) is 0.0254. The summed E-state index contributed by atoms with van der Waals surface area (Å²) in [5, 5.41) is 13.8. The van der Waals surface area contributed by atoms with E-state index < -0.39 is 20.0 Å². The minimum atomic E-state index is -4.33. The van der Waals surface area contributed by atoms with Crippen LogP contribution in [0.2, 0.25) is 0 Å². The zero-order chi connectivity index (χ0) is 37.2. The van der Waals surface area contributed by atoms with Crippen molar-refractivity contribution in [2.24, 2.45) is 0 Å². The van der Waals surface area contributed by atoms with Crippen LogP contribution in [0, 0.1) is 0 Å². The Kier molecular flexibility index (Phi) is 33.1. The van der Waals surface area contributed by atoms with Crippen LogP contribution in [0.5, 0.6) is 0 Å². The first kappa shape index (κ1) is 49.0. The highest BCUT2D eigenvalue weighted by atomic mass is 31.2. The average molecular weight is 730 g/mol. The van der Waals surface area contributed by atoms with Crippen molar-refractivity contribution in [3.63, 3.8) is 0 Å². The third-order valence-corrected chi connectivity index (χ3v) is 10.1. The molecule has 0 aromatic rings. The van der Waals surface area contributed by atoms with Crippen molar-refractivity contribution in [1.82, 2.24) is 5.32 Å². The number of aliphatic hydroxyl groups excluding tert-OH is 1. The highest BCUT2D eigenvalue weighted by Gasteiger charge is 2.27. The fourth-order valence-corrected chi connectivity index (χ4v) is 6.53. The van der Waals surface area contributed by atoms with Crippen LogP contribution >= 0.6 is 7.82 Å². The fraction of sp³-hybridized carbons (Fsp3) is 0.878. The number of allylic oxidation sites excluding steroid dienone is 3. The van der Waals surface area contributed by atoms with Gasteiger partial charge in [0, 0.05) is 6.42 Å². The van der Waals surface area contributed by atoms with Crippen LogP contribution < -0.4 is 5.32 Å². The van der Waals surface area contributed by atoms with E-state index in [0.717, 1.165) is 51.4 Å². The Bertz CT molecular complexity index is 876. The molecular weight excluding hydrogens is 647 g/mol. The zero-order valence-electron chi connectivity index (χ0n) is 33.4. The van der Waals surface area contributed by atoms with E-state index in [9.17, 15) is 19.4 Å². The summed E-state index contributed by atoms with van der Waals surface area (Å²) < 4.78 is 23.5. The van der Waals surface area contributed by atoms with Crippen LogP contribution in [0.4, 0.5) is 0 Å². The van der Waals surface area contributed by atoms with E-state index in [1.807, 2.05) is 27.2 Å². The Balaban J connectivity index is 4.50. The number of nitrogens with one attached hydrogen (secondary N) is 1. The molecule has 296 valence electrons. The molecule has 0 heterocycles. The van der Waals surface area contributed by atoms with E-state index in [0.29, 0.717) is 17.4 Å². The molecule has 0 radical (unpaired) electrons. The number of unbranched alkanes of at least 4 members (excludes halogenated alkanes) is 22. The molecule has 0 spiro atoms. The smallest absolute Gasteiger partial charge is 0.387 e. The lowest BCUT2D eigenvalue weighted by molar-refractivity contribution is -0.870. The van der Waals surface area contributed by atoms with Crippen LogP contribution in [0.15, 0.2) is 24.3 Å².